The van der Waals surface area contributed by atoms with Crippen molar-refractivity contribution in [3.63, 3.8) is 0 Å². The van der Waals surface area contributed by atoms with Crippen LogP contribution in [0.1, 0.15) is 11.9 Å². The van der Waals surface area contributed by atoms with Crippen LogP contribution in [0.3, 0.4) is 0 Å². The Kier molecular flexibility index (Phi) is 2.86. The summed E-state index contributed by atoms with van der Waals surface area (Å²) in [4.78, 5) is 4.41. The molecule has 3 heterocycles. The number of hydrogen-bond acceptors (Lipinski definition) is 6. The lowest BCUT2D eigenvalue weighted by Gasteiger charge is -2.19. The van der Waals surface area contributed by atoms with Gasteiger partial charge in [-0.1, -0.05) is 5.16 Å². The second kappa shape index (κ2) is 4.50. The minimum atomic E-state index is 0.173. The zero-order chi connectivity index (χ0) is 11.7. The zero-order valence-corrected chi connectivity index (χ0v) is 10.3. The first-order chi connectivity index (χ1) is 8.33. The van der Waals surface area contributed by atoms with Gasteiger partial charge in [0.2, 0.25) is 11.7 Å². The molecule has 0 bridgehead atoms. The summed E-state index contributed by atoms with van der Waals surface area (Å²) in [5.74, 6) is 3.39. The fraction of sp³-hybridized carbons (Fsp3) is 0.500. The molecule has 0 amide bonds. The van der Waals surface area contributed by atoms with E-state index in [1.807, 2.05) is 25.0 Å². The van der Waals surface area contributed by atoms with Gasteiger partial charge in [-0.2, -0.15) is 21.8 Å². The van der Waals surface area contributed by atoms with Crippen LogP contribution in [0, 0.1) is 0 Å². The summed E-state index contributed by atoms with van der Waals surface area (Å²) in [7, 11) is 1.86. The van der Waals surface area contributed by atoms with E-state index in [-0.39, 0.29) is 6.04 Å². The van der Waals surface area contributed by atoms with Gasteiger partial charge in [0.1, 0.15) is 0 Å². The predicted molar refractivity (Wildman–Crippen MR) is 64.6 cm³/mol. The number of aromatic nitrogens is 4. The third-order valence-corrected chi connectivity index (χ3v) is 3.69. The molecule has 3 rings (SSSR count). The molecule has 0 aromatic carbocycles. The average molecular weight is 251 g/mol. The SMILES string of the molecule is Cn1cc(-c2noc(C3CSCCN3)n2)cn1. The fourth-order valence-corrected chi connectivity index (χ4v) is 2.68. The van der Waals surface area contributed by atoms with Crippen molar-refractivity contribution in [3.05, 3.63) is 18.3 Å². The molecule has 1 fully saturated rings. The molecule has 1 unspecified atom stereocenters. The Morgan fingerprint density at radius 2 is 2.53 bits per heavy atom. The molecule has 0 spiro atoms. The van der Waals surface area contributed by atoms with Gasteiger partial charge in [-0.15, -0.1) is 0 Å². The molecule has 6 nitrogen and oxygen atoms in total. The van der Waals surface area contributed by atoms with E-state index in [2.05, 4.69) is 20.6 Å². The topological polar surface area (TPSA) is 68.8 Å². The first kappa shape index (κ1) is 10.8. The van der Waals surface area contributed by atoms with E-state index in [1.54, 1.807) is 10.9 Å². The van der Waals surface area contributed by atoms with Gasteiger partial charge in [-0.25, -0.2) is 0 Å². The van der Waals surface area contributed by atoms with Crippen molar-refractivity contribution < 1.29 is 4.52 Å². The molecular weight excluding hydrogens is 238 g/mol. The minimum absolute atomic E-state index is 0.173. The van der Waals surface area contributed by atoms with Crippen LogP contribution >= 0.6 is 11.8 Å². The fourth-order valence-electron chi connectivity index (χ4n) is 1.75. The quantitative estimate of drug-likeness (QED) is 0.853. The molecule has 2 aromatic heterocycles. The van der Waals surface area contributed by atoms with Crippen LogP contribution < -0.4 is 5.32 Å². The lowest BCUT2D eigenvalue weighted by molar-refractivity contribution is 0.342. The molecule has 0 radical (unpaired) electrons. The molecule has 2 aromatic rings. The van der Waals surface area contributed by atoms with Crippen LogP contribution in [0.25, 0.3) is 11.4 Å². The number of nitrogens with one attached hydrogen (secondary N) is 1. The largest absolute Gasteiger partial charge is 0.337 e. The van der Waals surface area contributed by atoms with Crippen LogP contribution in [0.15, 0.2) is 16.9 Å². The van der Waals surface area contributed by atoms with Gasteiger partial charge < -0.3 is 9.84 Å². The molecule has 1 aliphatic rings. The van der Waals surface area contributed by atoms with Gasteiger partial charge in [0.25, 0.3) is 0 Å². The number of aryl methyl sites for hydroxylation is 1. The van der Waals surface area contributed by atoms with Crippen molar-refractivity contribution in [3.8, 4) is 11.4 Å². The van der Waals surface area contributed by atoms with E-state index < -0.39 is 0 Å². The summed E-state index contributed by atoms with van der Waals surface area (Å²) in [5, 5.41) is 11.4. The van der Waals surface area contributed by atoms with Crippen molar-refractivity contribution in [2.45, 2.75) is 6.04 Å². The highest BCUT2D eigenvalue weighted by Crippen LogP contribution is 2.22. The van der Waals surface area contributed by atoms with Crippen molar-refractivity contribution in [2.24, 2.45) is 7.05 Å². The maximum Gasteiger partial charge on any atom is 0.244 e. The Labute approximate surface area is 103 Å². The van der Waals surface area contributed by atoms with Crippen molar-refractivity contribution >= 4 is 11.8 Å². The first-order valence-corrected chi connectivity index (χ1v) is 6.62. The van der Waals surface area contributed by atoms with Gasteiger partial charge >= 0.3 is 0 Å². The molecule has 7 heteroatoms. The summed E-state index contributed by atoms with van der Waals surface area (Å²) in [6, 6.07) is 0.173. The molecule has 0 aliphatic carbocycles. The highest BCUT2D eigenvalue weighted by molar-refractivity contribution is 7.99. The number of nitrogens with zero attached hydrogens (tertiary/aromatic N) is 4. The molecule has 0 saturated carbocycles. The lowest BCUT2D eigenvalue weighted by Crippen LogP contribution is -2.30. The molecule has 1 N–H and O–H groups in total. The van der Waals surface area contributed by atoms with Gasteiger partial charge in [-0.05, 0) is 0 Å². The monoisotopic (exact) mass is 251 g/mol. The molecule has 17 heavy (non-hydrogen) atoms. The van der Waals surface area contributed by atoms with Crippen LogP contribution in [0.5, 0.6) is 0 Å². The van der Waals surface area contributed by atoms with Gasteiger partial charge in [0, 0.05) is 31.3 Å². The van der Waals surface area contributed by atoms with Crippen LogP contribution in [0.2, 0.25) is 0 Å². The van der Waals surface area contributed by atoms with Crippen molar-refractivity contribution in [1.29, 1.82) is 0 Å². The smallest absolute Gasteiger partial charge is 0.244 e. The minimum Gasteiger partial charge on any atom is -0.337 e. The number of rotatable bonds is 2. The summed E-state index contributed by atoms with van der Waals surface area (Å²) in [6.45, 7) is 0.986. The Bertz CT molecular complexity index is 502. The summed E-state index contributed by atoms with van der Waals surface area (Å²) in [6.07, 6.45) is 3.61. The Hall–Kier alpha value is -1.34. The highest BCUT2D eigenvalue weighted by atomic mass is 32.2. The summed E-state index contributed by atoms with van der Waals surface area (Å²) >= 11 is 1.90. The second-order valence-electron chi connectivity index (χ2n) is 3.94. The standard InChI is InChI=1S/C10H13N5OS/c1-15-5-7(4-12-15)9-13-10(16-14-9)8-6-17-3-2-11-8/h4-5,8,11H,2-3,6H2,1H3. The summed E-state index contributed by atoms with van der Waals surface area (Å²) < 4.78 is 7.02. The van der Waals surface area contributed by atoms with Crippen LogP contribution in [0.4, 0.5) is 0 Å². The van der Waals surface area contributed by atoms with Crippen LogP contribution in [-0.2, 0) is 7.05 Å². The van der Waals surface area contributed by atoms with E-state index in [1.165, 1.54) is 0 Å². The maximum atomic E-state index is 5.29. The van der Waals surface area contributed by atoms with Gasteiger partial charge in [0.05, 0.1) is 17.8 Å². The molecule has 1 atom stereocenters. The molecule has 1 aliphatic heterocycles. The third-order valence-electron chi connectivity index (χ3n) is 2.62. The Morgan fingerprint density at radius 1 is 1.59 bits per heavy atom. The van der Waals surface area contributed by atoms with Crippen molar-refractivity contribution in [2.75, 3.05) is 18.1 Å². The predicted octanol–water partition coefficient (Wildman–Crippen LogP) is 0.848. The first-order valence-electron chi connectivity index (χ1n) is 5.46. The number of hydrogen-bond donors (Lipinski definition) is 1. The summed E-state index contributed by atoms with van der Waals surface area (Å²) in [5.41, 5.74) is 0.881. The van der Waals surface area contributed by atoms with E-state index >= 15 is 0 Å². The van der Waals surface area contributed by atoms with E-state index in [4.69, 9.17) is 4.52 Å². The van der Waals surface area contributed by atoms with E-state index in [0.717, 1.165) is 23.6 Å². The number of thioether (sulfide) groups is 1. The zero-order valence-electron chi connectivity index (χ0n) is 9.46. The Balaban J connectivity index is 1.82. The van der Waals surface area contributed by atoms with E-state index in [0.29, 0.717) is 11.7 Å². The lowest BCUT2D eigenvalue weighted by atomic mass is 10.3. The van der Waals surface area contributed by atoms with Crippen molar-refractivity contribution in [1.82, 2.24) is 25.2 Å². The molecular formula is C10H13N5OS. The molecule has 90 valence electrons. The average Bonchev–Trinajstić information content (AvgIpc) is 2.98. The van der Waals surface area contributed by atoms with E-state index in [9.17, 15) is 0 Å². The van der Waals surface area contributed by atoms with Gasteiger partial charge in [0.15, 0.2) is 0 Å². The highest BCUT2D eigenvalue weighted by Gasteiger charge is 2.21. The molecule has 1 saturated heterocycles. The third kappa shape index (κ3) is 2.20. The Morgan fingerprint density at radius 3 is 3.24 bits per heavy atom. The van der Waals surface area contributed by atoms with Gasteiger partial charge in [-0.3, -0.25) is 4.68 Å². The van der Waals surface area contributed by atoms with Crippen LogP contribution in [-0.4, -0.2) is 38.0 Å². The second-order valence-corrected chi connectivity index (χ2v) is 5.09. The normalized spacial score (nSPS) is 20.6. The maximum absolute atomic E-state index is 5.29.